The summed E-state index contributed by atoms with van der Waals surface area (Å²) in [5.41, 5.74) is 4.08. The molecule has 0 bridgehead atoms. The molecule has 1 aromatic carbocycles. The minimum absolute atomic E-state index is 0.240. The molecule has 0 atom stereocenters. The third-order valence-electron chi connectivity index (χ3n) is 5.55. The van der Waals surface area contributed by atoms with E-state index in [1.54, 1.807) is 29.2 Å². The molecule has 0 unspecified atom stereocenters. The van der Waals surface area contributed by atoms with Gasteiger partial charge in [-0.15, -0.1) is 0 Å². The van der Waals surface area contributed by atoms with Crippen molar-refractivity contribution in [3.63, 3.8) is 0 Å². The van der Waals surface area contributed by atoms with Crippen molar-refractivity contribution in [1.82, 2.24) is 29.5 Å². The Kier molecular flexibility index (Phi) is 4.69. The zero-order valence-electron chi connectivity index (χ0n) is 17.9. The Hall–Kier alpha value is -4.73. The molecular weight excluding hydrogens is 432 g/mol. The van der Waals surface area contributed by atoms with Crippen LogP contribution in [0.25, 0.3) is 22.9 Å². The second-order valence-corrected chi connectivity index (χ2v) is 8.12. The molecular formula is C24H20N8O2. The Labute approximate surface area is 192 Å². The first-order chi connectivity index (χ1) is 16.6. The Morgan fingerprint density at radius 3 is 2.56 bits per heavy atom. The Balaban J connectivity index is 1.41. The number of nitrogens with one attached hydrogen (secondary N) is 3. The highest BCUT2D eigenvalue weighted by atomic mass is 16.3. The van der Waals surface area contributed by atoms with Crippen molar-refractivity contribution in [2.75, 3.05) is 5.32 Å². The lowest BCUT2D eigenvalue weighted by atomic mass is 10.1. The molecule has 5 aromatic rings. The molecule has 0 amide bonds. The Bertz CT molecular complexity index is 1660. The molecule has 1 fully saturated rings. The summed E-state index contributed by atoms with van der Waals surface area (Å²) in [5, 5.41) is 18.4. The molecule has 0 spiro atoms. The number of hydrogen-bond acceptors (Lipinski definition) is 7. The largest absolute Gasteiger partial charge is 0.493 e. The minimum atomic E-state index is -0.491. The van der Waals surface area contributed by atoms with Crippen LogP contribution in [0, 0.1) is 0 Å². The fraction of sp³-hybridized carbons (Fsp3) is 0.125. The van der Waals surface area contributed by atoms with E-state index < -0.39 is 5.69 Å². The summed E-state index contributed by atoms with van der Waals surface area (Å²) in [6.45, 7) is 0. The Morgan fingerprint density at radius 2 is 1.85 bits per heavy atom. The zero-order chi connectivity index (χ0) is 23.1. The predicted molar refractivity (Wildman–Crippen MR) is 126 cm³/mol. The molecule has 0 aliphatic heterocycles. The highest BCUT2D eigenvalue weighted by Gasteiger charge is 2.20. The number of nitrogens with zero attached hydrogens (tertiary/aromatic N) is 5. The number of rotatable bonds is 5. The van der Waals surface area contributed by atoms with Crippen LogP contribution in [0.2, 0.25) is 0 Å². The van der Waals surface area contributed by atoms with Gasteiger partial charge in [0.25, 0.3) is 0 Å². The highest BCUT2D eigenvalue weighted by molar-refractivity contribution is 5.68. The van der Waals surface area contributed by atoms with Crippen LogP contribution >= 0.6 is 0 Å². The number of benzene rings is 1. The summed E-state index contributed by atoms with van der Waals surface area (Å²) >= 11 is 0. The monoisotopic (exact) mass is 452 g/mol. The average Bonchev–Trinajstić information content (AvgIpc) is 3.48. The van der Waals surface area contributed by atoms with E-state index in [-0.39, 0.29) is 11.6 Å². The van der Waals surface area contributed by atoms with Crippen LogP contribution in [0.5, 0.6) is 5.88 Å². The predicted octanol–water partition coefficient (Wildman–Crippen LogP) is 1.87. The van der Waals surface area contributed by atoms with Crippen LogP contribution in [0.1, 0.15) is 18.5 Å². The summed E-state index contributed by atoms with van der Waals surface area (Å²) in [7, 11) is 0. The SMILES string of the molecule is O=c1[nH]c(O)c(C=c2cnn3c(=NC4CC4)cc(Nc4ccc(-c5ccncc5)cc4)nc23)[nH]1. The van der Waals surface area contributed by atoms with Gasteiger partial charge in [-0.3, -0.25) is 15.0 Å². The topological polar surface area (TPSA) is 136 Å². The van der Waals surface area contributed by atoms with Crippen LogP contribution in [0.3, 0.4) is 0 Å². The van der Waals surface area contributed by atoms with Crippen molar-refractivity contribution in [3.8, 4) is 17.0 Å². The smallest absolute Gasteiger partial charge is 0.326 e. The number of fused-ring (bicyclic) bond motifs is 1. The molecule has 10 heteroatoms. The van der Waals surface area contributed by atoms with E-state index in [2.05, 4.69) is 25.4 Å². The molecule has 0 radical (unpaired) electrons. The molecule has 10 nitrogen and oxygen atoms in total. The van der Waals surface area contributed by atoms with Crippen molar-refractivity contribution in [1.29, 1.82) is 0 Å². The number of H-pyrrole nitrogens is 2. The van der Waals surface area contributed by atoms with Gasteiger partial charge in [0.05, 0.1) is 12.2 Å². The first-order valence-electron chi connectivity index (χ1n) is 10.9. The average molecular weight is 452 g/mol. The van der Waals surface area contributed by atoms with Gasteiger partial charge in [0.2, 0.25) is 5.88 Å². The zero-order valence-corrected chi connectivity index (χ0v) is 17.9. The molecule has 4 N–H and O–H groups in total. The van der Waals surface area contributed by atoms with Gasteiger partial charge in [-0.1, -0.05) is 12.1 Å². The van der Waals surface area contributed by atoms with Crippen molar-refractivity contribution in [2.45, 2.75) is 18.9 Å². The van der Waals surface area contributed by atoms with E-state index >= 15 is 0 Å². The third kappa shape index (κ3) is 3.92. The summed E-state index contributed by atoms with van der Waals surface area (Å²) in [5.74, 6) is 0.376. The molecule has 168 valence electrons. The lowest BCUT2D eigenvalue weighted by molar-refractivity contribution is 0.454. The van der Waals surface area contributed by atoms with E-state index in [4.69, 9.17) is 9.98 Å². The number of imidazole rings is 1. The number of anilines is 2. The maximum absolute atomic E-state index is 11.5. The summed E-state index contributed by atoms with van der Waals surface area (Å²) < 4.78 is 1.67. The molecule has 4 aromatic heterocycles. The van der Waals surface area contributed by atoms with E-state index in [9.17, 15) is 9.90 Å². The molecule has 1 aliphatic rings. The minimum Gasteiger partial charge on any atom is -0.493 e. The molecule has 34 heavy (non-hydrogen) atoms. The van der Waals surface area contributed by atoms with Gasteiger partial charge < -0.3 is 15.4 Å². The Morgan fingerprint density at radius 1 is 1.09 bits per heavy atom. The summed E-state index contributed by atoms with van der Waals surface area (Å²) in [6, 6.07) is 14.2. The van der Waals surface area contributed by atoms with Gasteiger partial charge >= 0.3 is 5.69 Å². The van der Waals surface area contributed by atoms with Crippen LogP contribution < -0.4 is 21.7 Å². The van der Waals surface area contributed by atoms with Gasteiger partial charge in [0, 0.05) is 29.4 Å². The first kappa shape index (κ1) is 19.9. The van der Waals surface area contributed by atoms with Crippen molar-refractivity contribution in [3.05, 3.63) is 87.9 Å². The van der Waals surface area contributed by atoms with Crippen LogP contribution in [0.4, 0.5) is 11.5 Å². The van der Waals surface area contributed by atoms with Crippen LogP contribution in [-0.2, 0) is 0 Å². The number of aromatic nitrogens is 6. The number of aromatic hydroxyl groups is 1. The second-order valence-electron chi connectivity index (χ2n) is 8.12. The van der Waals surface area contributed by atoms with Crippen LogP contribution in [-0.4, -0.2) is 40.7 Å². The molecule has 1 aliphatic carbocycles. The van der Waals surface area contributed by atoms with Gasteiger partial charge in [-0.25, -0.2) is 9.78 Å². The fourth-order valence-corrected chi connectivity index (χ4v) is 3.70. The number of pyridine rings is 1. The van der Waals surface area contributed by atoms with Gasteiger partial charge in [-0.05, 0) is 54.3 Å². The van der Waals surface area contributed by atoms with Crippen molar-refractivity contribution in [2.24, 2.45) is 4.99 Å². The van der Waals surface area contributed by atoms with Crippen molar-refractivity contribution >= 4 is 23.2 Å². The second kappa shape index (κ2) is 8.00. The highest BCUT2D eigenvalue weighted by Crippen LogP contribution is 2.23. The molecule has 1 saturated carbocycles. The first-order valence-corrected chi connectivity index (χ1v) is 10.9. The fourth-order valence-electron chi connectivity index (χ4n) is 3.70. The van der Waals surface area contributed by atoms with Crippen molar-refractivity contribution < 1.29 is 5.11 Å². The van der Waals surface area contributed by atoms with E-state index in [0.29, 0.717) is 28.2 Å². The lowest BCUT2D eigenvalue weighted by Crippen LogP contribution is -2.19. The number of hydrogen-bond donors (Lipinski definition) is 4. The number of aromatic amines is 2. The maximum atomic E-state index is 11.5. The summed E-state index contributed by atoms with van der Waals surface area (Å²) in [4.78, 5) is 29.9. The maximum Gasteiger partial charge on any atom is 0.326 e. The quantitative estimate of drug-likeness (QED) is 0.321. The lowest BCUT2D eigenvalue weighted by Gasteiger charge is -2.08. The summed E-state index contributed by atoms with van der Waals surface area (Å²) in [6.07, 6.45) is 8.91. The third-order valence-corrected chi connectivity index (χ3v) is 5.55. The van der Waals surface area contributed by atoms with Crippen LogP contribution in [0.15, 0.2) is 70.8 Å². The van der Waals surface area contributed by atoms with Gasteiger partial charge in [-0.2, -0.15) is 9.61 Å². The normalized spacial score (nSPS) is 14.7. The molecule has 0 saturated heterocycles. The van der Waals surface area contributed by atoms with Gasteiger partial charge in [0.15, 0.2) is 11.1 Å². The molecule has 4 heterocycles. The van der Waals surface area contributed by atoms with E-state index in [0.717, 1.165) is 29.7 Å². The van der Waals surface area contributed by atoms with E-state index in [1.165, 1.54) is 0 Å². The standard InChI is InChI=1S/C24H20N8O2/c33-23-19(29-24(34)31-23)11-16-13-26-32-21(28-18-5-6-18)12-20(30-22(16)32)27-17-3-1-14(2-4-17)15-7-9-25-10-8-15/h1-4,7-13,18,27,33H,5-6H2,(H2,29,31,34). The van der Waals surface area contributed by atoms with Gasteiger partial charge in [0.1, 0.15) is 11.5 Å². The molecule has 6 rings (SSSR count). The van der Waals surface area contributed by atoms with E-state index in [1.807, 2.05) is 42.5 Å².